The van der Waals surface area contributed by atoms with Crippen molar-refractivity contribution in [2.75, 3.05) is 0 Å². The number of hydrogen-bond donors (Lipinski definition) is 2. The zero-order valence-corrected chi connectivity index (χ0v) is 9.88. The average molecular weight is 296 g/mol. The Balaban J connectivity index is -0.0000000787. The molecule has 0 aromatic rings. The van der Waals surface area contributed by atoms with Gasteiger partial charge < -0.3 is 61.2 Å². The van der Waals surface area contributed by atoms with E-state index in [2.05, 4.69) is 61.2 Å². The van der Waals surface area contributed by atoms with E-state index in [9.17, 15) is 0 Å². The van der Waals surface area contributed by atoms with Crippen molar-refractivity contribution >= 4 is 58.3 Å². The monoisotopic (exact) mass is 298 g/mol. The van der Waals surface area contributed by atoms with Crippen LogP contribution in [0.5, 0.6) is 0 Å². The van der Waals surface area contributed by atoms with Gasteiger partial charge in [0.25, 0.3) is 0 Å². The second-order valence-electron chi connectivity index (χ2n) is 0.638. The van der Waals surface area contributed by atoms with E-state index in [1.54, 1.807) is 0 Å². The van der Waals surface area contributed by atoms with Gasteiger partial charge in [0.1, 0.15) is 0 Å². The Morgan fingerprint density at radius 2 is 1.10 bits per heavy atom. The minimum absolute atomic E-state index is 0.0833. The van der Waals surface area contributed by atoms with Crippen LogP contribution < -0.4 is 11.5 Å². The van der Waals surface area contributed by atoms with E-state index in [1.165, 1.54) is 0 Å². The first-order valence-corrected chi connectivity index (χ1v) is 4.01. The van der Waals surface area contributed by atoms with Gasteiger partial charge in [-0.25, -0.2) is 0 Å². The molecule has 0 saturated carbocycles. The molecule has 0 aliphatic carbocycles. The summed E-state index contributed by atoms with van der Waals surface area (Å²) in [6, 6.07) is 0. The molecule has 0 radical (unpaired) electrons. The molecule has 0 rings (SSSR count). The van der Waals surface area contributed by atoms with Gasteiger partial charge in [0.15, 0.2) is 0 Å². The van der Waals surface area contributed by atoms with Crippen molar-refractivity contribution in [3.05, 3.63) is 0 Å². The number of nitrogens with two attached hydrogens (primary N) is 2. The summed E-state index contributed by atoms with van der Waals surface area (Å²) in [5, 5.41) is 0. The van der Waals surface area contributed by atoms with E-state index >= 15 is 0 Å². The standard InChI is InChI=1S/2CH3NS2.Mo.O/c2*2-1(3)4;;/h2*(H3,2,3,4);;/q;;+2;/p-2. The van der Waals surface area contributed by atoms with Gasteiger partial charge in [-0.15, -0.1) is 0 Å². The van der Waals surface area contributed by atoms with Crippen molar-refractivity contribution in [1.29, 1.82) is 0 Å². The molecule has 0 aliphatic rings. The van der Waals surface area contributed by atoms with Crippen LogP contribution in [0.2, 0.25) is 0 Å². The van der Waals surface area contributed by atoms with Crippen molar-refractivity contribution in [3.63, 3.8) is 0 Å². The van der Waals surface area contributed by atoms with Crippen LogP contribution in [0.15, 0.2) is 0 Å². The molecule has 0 saturated heterocycles. The molecule has 0 spiro atoms. The molecule has 3 nitrogen and oxygen atoms in total. The number of thiocarbonyl (C=S) groups is 2. The molecule has 8 heteroatoms. The van der Waals surface area contributed by atoms with Crippen molar-refractivity contribution in [3.8, 4) is 0 Å². The summed E-state index contributed by atoms with van der Waals surface area (Å²) in [5.41, 5.74) is 9.31. The van der Waals surface area contributed by atoms with Crippen molar-refractivity contribution < 1.29 is 23.2 Å². The van der Waals surface area contributed by atoms with E-state index in [0.717, 1.165) is 0 Å². The maximum absolute atomic E-state index is 8.26. The predicted octanol–water partition coefficient (Wildman–Crippen LogP) is -0.567. The average Bonchev–Trinajstić information content (AvgIpc) is 1.66. The molecular formula is C2H4MoN2OS4. The number of hydrogen-bond acceptors (Lipinski definition) is 5. The molecule has 0 fully saturated rings. The van der Waals surface area contributed by atoms with Crippen molar-refractivity contribution in [2.24, 2.45) is 11.5 Å². The number of rotatable bonds is 0. The molecule has 0 aromatic carbocycles. The third-order valence-electron chi connectivity index (χ3n) is 0. The summed E-state index contributed by atoms with van der Waals surface area (Å²) in [7, 11) is 0. The first-order valence-electron chi connectivity index (χ1n) is 1.56. The van der Waals surface area contributed by atoms with Gasteiger partial charge >= 0.3 is 23.2 Å². The first kappa shape index (κ1) is 17.0. The van der Waals surface area contributed by atoms with E-state index in [0.29, 0.717) is 19.8 Å². The molecular weight excluding hydrogens is 292 g/mol. The zero-order chi connectivity index (χ0) is 9.15. The van der Waals surface area contributed by atoms with Crippen LogP contribution in [0.3, 0.4) is 0 Å². The van der Waals surface area contributed by atoms with Crippen LogP contribution in [0.25, 0.3) is 0 Å². The fourth-order valence-corrected chi connectivity index (χ4v) is 0. The summed E-state index contributed by atoms with van der Waals surface area (Å²) in [6.45, 7) is 0. The molecule has 10 heavy (non-hydrogen) atoms. The fraction of sp³-hybridized carbons (Fsp3) is 0. The molecule has 0 unspecified atom stereocenters. The third-order valence-corrected chi connectivity index (χ3v) is 0. The topological polar surface area (TPSA) is 69.1 Å². The van der Waals surface area contributed by atoms with Crippen LogP contribution in [-0.2, 0) is 48.4 Å². The van der Waals surface area contributed by atoms with Crippen LogP contribution >= 0.6 is 24.4 Å². The Bertz CT molecular complexity index is 89.4. The van der Waals surface area contributed by atoms with Gasteiger partial charge in [0.05, 0.1) is 0 Å². The van der Waals surface area contributed by atoms with E-state index in [1.807, 2.05) is 0 Å². The summed E-state index contributed by atoms with van der Waals surface area (Å²) in [4.78, 5) is 0. The Labute approximate surface area is 92.3 Å². The van der Waals surface area contributed by atoms with Crippen molar-refractivity contribution in [2.45, 2.75) is 0 Å². The van der Waals surface area contributed by atoms with Gasteiger partial charge in [-0.05, 0) is 0 Å². The van der Waals surface area contributed by atoms with Gasteiger partial charge in [-0.2, -0.15) is 0 Å². The van der Waals surface area contributed by atoms with Gasteiger partial charge in [-0.1, -0.05) is 8.64 Å². The Hall–Kier alpha value is 0.708. The van der Waals surface area contributed by atoms with E-state index in [4.69, 9.17) is 3.40 Å². The maximum atomic E-state index is 8.26. The van der Waals surface area contributed by atoms with Crippen molar-refractivity contribution in [1.82, 2.24) is 0 Å². The van der Waals surface area contributed by atoms with Crippen LogP contribution in [-0.4, -0.2) is 8.64 Å². The second-order valence-corrected chi connectivity index (χ2v) is 2.91. The Morgan fingerprint density at radius 3 is 1.10 bits per heavy atom. The molecule has 0 atom stereocenters. The SMILES string of the molecule is NC(=S)[S-].NC(=S)[S-].[O]=[Mo+2]. The molecule has 0 heterocycles. The van der Waals surface area contributed by atoms with Crippen LogP contribution in [0, 0.1) is 0 Å². The first-order chi connectivity index (χ1) is 4.46. The normalized spacial score (nSPS) is 5.10. The molecule has 0 aliphatic heterocycles. The Kier molecular flexibility index (Phi) is 27.8. The molecule has 0 aromatic heterocycles. The summed E-state index contributed by atoms with van der Waals surface area (Å²) in [5.74, 6) is 0. The van der Waals surface area contributed by atoms with E-state index in [-0.39, 0.29) is 8.64 Å². The van der Waals surface area contributed by atoms with E-state index < -0.39 is 0 Å². The molecule has 58 valence electrons. The van der Waals surface area contributed by atoms with Gasteiger partial charge in [-0.3, -0.25) is 0 Å². The molecule has 0 amide bonds. The van der Waals surface area contributed by atoms with Crippen LogP contribution in [0.4, 0.5) is 0 Å². The quantitative estimate of drug-likeness (QED) is 0.352. The van der Waals surface area contributed by atoms with Gasteiger partial charge in [0, 0.05) is 0 Å². The summed E-state index contributed by atoms with van der Waals surface area (Å²) < 4.78 is 8.43. The molecule has 0 bridgehead atoms. The minimum atomic E-state index is 0.0833. The second kappa shape index (κ2) is 16.4. The molecule has 4 N–H and O–H groups in total. The zero-order valence-electron chi connectivity index (χ0n) is 4.60. The summed E-state index contributed by atoms with van der Waals surface area (Å²) >= 11 is 17.2. The van der Waals surface area contributed by atoms with Gasteiger partial charge in [0.2, 0.25) is 0 Å². The Morgan fingerprint density at radius 1 is 1.10 bits per heavy atom. The summed E-state index contributed by atoms with van der Waals surface area (Å²) in [6.07, 6.45) is 0. The predicted molar refractivity (Wildman–Crippen MR) is 49.0 cm³/mol. The third kappa shape index (κ3) is 1030. The fourth-order valence-electron chi connectivity index (χ4n) is 0. The van der Waals surface area contributed by atoms with Crippen LogP contribution in [0.1, 0.15) is 0 Å².